The van der Waals surface area contributed by atoms with Crippen molar-refractivity contribution in [1.29, 1.82) is 0 Å². The monoisotopic (exact) mass is 287 g/mol. The van der Waals surface area contributed by atoms with Crippen molar-refractivity contribution >= 4 is 34.8 Å². The summed E-state index contributed by atoms with van der Waals surface area (Å²) in [6, 6.07) is 4.48. The fourth-order valence-corrected chi connectivity index (χ4v) is 1.76. The molecule has 0 saturated heterocycles. The molecule has 8 heteroatoms. The van der Waals surface area contributed by atoms with Gasteiger partial charge in [0.1, 0.15) is 0 Å². The lowest BCUT2D eigenvalue weighted by Crippen LogP contribution is -2.43. The van der Waals surface area contributed by atoms with Crippen LogP contribution in [-0.4, -0.2) is 11.2 Å². The van der Waals surface area contributed by atoms with Crippen molar-refractivity contribution in [3.63, 3.8) is 0 Å². The lowest BCUT2D eigenvalue weighted by Gasteiger charge is -2.04. The molecule has 0 atom stereocenters. The number of nitrogens with one attached hydrogen (secondary N) is 1. The second-order valence-electron chi connectivity index (χ2n) is 3.40. The number of aromatic nitrogens is 2. The number of aliphatic imine (C=N–C) groups is 1. The number of aryl methyl sites for hydroxylation is 1. The number of nitrogens with zero attached hydrogens (tertiary/aromatic N) is 2. The topological polar surface area (TPSA) is 85.3 Å². The molecule has 0 radical (unpaired) electrons. The zero-order chi connectivity index (χ0) is 13.3. The van der Waals surface area contributed by atoms with Gasteiger partial charge in [-0.15, -0.1) is 0 Å². The fraction of sp³-hybridized carbons (Fsp3) is 0.100. The first kappa shape index (κ1) is 12.7. The van der Waals surface area contributed by atoms with Crippen LogP contribution >= 0.6 is 23.2 Å². The van der Waals surface area contributed by atoms with E-state index in [1.165, 1.54) is 19.2 Å². The van der Waals surface area contributed by atoms with Crippen molar-refractivity contribution in [2.24, 2.45) is 12.0 Å². The van der Waals surface area contributed by atoms with Crippen LogP contribution in [0.2, 0.25) is 10.0 Å². The molecule has 1 heterocycles. The van der Waals surface area contributed by atoms with Crippen molar-refractivity contribution in [2.45, 2.75) is 0 Å². The molecule has 0 bridgehead atoms. The minimum atomic E-state index is -0.795. The highest BCUT2D eigenvalue weighted by Crippen LogP contribution is 2.27. The number of aromatic amines is 1. The lowest BCUT2D eigenvalue weighted by molar-refractivity contribution is -0.742. The molecular weight excluding hydrogens is 281 g/mol. The molecule has 0 saturated carbocycles. The Balaban J connectivity index is 2.48. The summed E-state index contributed by atoms with van der Waals surface area (Å²) >= 11 is 11.6. The first-order valence-electron chi connectivity index (χ1n) is 4.77. The quantitative estimate of drug-likeness (QED) is 0.497. The van der Waals surface area contributed by atoms with Crippen LogP contribution in [0.5, 0.6) is 0 Å². The minimum Gasteiger partial charge on any atom is -0.854 e. The third-order valence-electron chi connectivity index (χ3n) is 2.14. The van der Waals surface area contributed by atoms with Gasteiger partial charge in [0.15, 0.2) is 7.05 Å². The average molecular weight is 288 g/mol. The van der Waals surface area contributed by atoms with E-state index in [4.69, 9.17) is 23.2 Å². The molecule has 0 spiro atoms. The van der Waals surface area contributed by atoms with Crippen LogP contribution in [0, 0.1) is 0 Å². The summed E-state index contributed by atoms with van der Waals surface area (Å²) in [6.07, 6.45) is 0. The summed E-state index contributed by atoms with van der Waals surface area (Å²) in [5, 5.41) is 14.7. The Bertz CT molecular complexity index is 675. The van der Waals surface area contributed by atoms with E-state index >= 15 is 0 Å². The molecule has 1 aromatic heterocycles. The van der Waals surface area contributed by atoms with Crippen molar-refractivity contribution in [3.8, 4) is 0 Å². The van der Waals surface area contributed by atoms with E-state index in [1.807, 2.05) is 0 Å². The normalized spacial score (nSPS) is 11.8. The van der Waals surface area contributed by atoms with Gasteiger partial charge in [-0.2, -0.15) is 0 Å². The van der Waals surface area contributed by atoms with Gasteiger partial charge in [0.25, 0.3) is 0 Å². The molecule has 18 heavy (non-hydrogen) atoms. The Labute approximate surface area is 111 Å². The Morgan fingerprint density at radius 2 is 2.22 bits per heavy atom. The maximum absolute atomic E-state index is 11.8. The van der Waals surface area contributed by atoms with Gasteiger partial charge in [0.05, 0.1) is 16.6 Å². The van der Waals surface area contributed by atoms with Crippen molar-refractivity contribution in [3.05, 3.63) is 44.4 Å². The van der Waals surface area contributed by atoms with Gasteiger partial charge in [-0.25, -0.2) is 4.79 Å². The largest absolute Gasteiger partial charge is 0.854 e. The summed E-state index contributed by atoms with van der Waals surface area (Å²) in [6.45, 7) is 0. The first-order valence-corrected chi connectivity index (χ1v) is 5.53. The molecule has 2 aromatic rings. The highest BCUT2D eigenvalue weighted by molar-refractivity contribution is 6.36. The predicted molar refractivity (Wildman–Crippen MR) is 63.2 cm³/mol. The van der Waals surface area contributed by atoms with E-state index in [9.17, 15) is 9.90 Å². The molecular formula is C10H7Cl2N3O3. The third kappa shape index (κ3) is 2.39. The van der Waals surface area contributed by atoms with Crippen LogP contribution in [0.4, 0.5) is 5.69 Å². The number of benzene rings is 1. The van der Waals surface area contributed by atoms with Crippen LogP contribution in [0.15, 0.2) is 32.5 Å². The van der Waals surface area contributed by atoms with Gasteiger partial charge in [0, 0.05) is 5.02 Å². The number of rotatable bonds is 2. The van der Waals surface area contributed by atoms with Crippen LogP contribution in [0.25, 0.3) is 0 Å². The van der Waals surface area contributed by atoms with Gasteiger partial charge in [0.2, 0.25) is 0 Å². The molecule has 0 aliphatic heterocycles. The van der Waals surface area contributed by atoms with E-state index in [2.05, 4.69) is 14.8 Å². The van der Waals surface area contributed by atoms with E-state index in [0.29, 0.717) is 5.02 Å². The Hall–Kier alpha value is -1.79. The van der Waals surface area contributed by atoms with Crippen LogP contribution in [0.1, 0.15) is 5.69 Å². The van der Waals surface area contributed by atoms with E-state index in [0.717, 1.165) is 4.68 Å². The van der Waals surface area contributed by atoms with E-state index < -0.39 is 11.5 Å². The zero-order valence-corrected chi connectivity index (χ0v) is 10.6. The molecule has 0 aliphatic rings. The Morgan fingerprint density at radius 1 is 1.50 bits per heavy atom. The Morgan fingerprint density at radius 3 is 2.78 bits per heavy atom. The van der Waals surface area contributed by atoms with Crippen LogP contribution in [-0.2, 0) is 7.05 Å². The minimum absolute atomic E-state index is 0.221. The molecule has 1 aromatic carbocycles. The van der Waals surface area contributed by atoms with E-state index in [-0.39, 0.29) is 16.4 Å². The number of halogens is 2. The summed E-state index contributed by atoms with van der Waals surface area (Å²) in [5.41, 5.74) is -0.788. The second kappa shape index (κ2) is 4.83. The van der Waals surface area contributed by atoms with Crippen molar-refractivity contribution in [2.75, 3.05) is 0 Å². The molecule has 0 amide bonds. The standard InChI is InChI=1S/C10H7Cl2N3O3/c1-15-8(10(17)18-14-15)9(16)13-7-3-2-5(11)4-6(7)12/h2-4H,1H3,(H-,13,14,16,17). The van der Waals surface area contributed by atoms with E-state index in [1.54, 1.807) is 6.07 Å². The molecule has 1 N–H and O–H groups in total. The maximum Gasteiger partial charge on any atom is 0.435 e. The SMILES string of the molecule is C[n+]1[nH]oc(=O)c1C([O-])=Nc1ccc(Cl)cc1Cl. The number of H-pyrrole nitrogens is 1. The van der Waals surface area contributed by atoms with Gasteiger partial charge in [-0.3, -0.25) is 9.52 Å². The smallest absolute Gasteiger partial charge is 0.435 e. The maximum atomic E-state index is 11.8. The lowest BCUT2D eigenvalue weighted by atomic mass is 10.3. The molecule has 6 nitrogen and oxygen atoms in total. The molecule has 0 fully saturated rings. The Kier molecular flexibility index (Phi) is 3.40. The van der Waals surface area contributed by atoms with Gasteiger partial charge < -0.3 is 5.11 Å². The molecule has 94 valence electrons. The summed E-state index contributed by atoms with van der Waals surface area (Å²) in [4.78, 5) is 15.0. The fourth-order valence-electron chi connectivity index (χ4n) is 1.31. The van der Waals surface area contributed by atoms with Crippen LogP contribution in [0.3, 0.4) is 0 Å². The summed E-state index contributed by atoms with van der Waals surface area (Å²) < 4.78 is 5.59. The highest BCUT2D eigenvalue weighted by atomic mass is 35.5. The number of hydrogen-bond donors (Lipinski definition) is 1. The highest BCUT2D eigenvalue weighted by Gasteiger charge is 2.17. The van der Waals surface area contributed by atoms with Crippen molar-refractivity contribution < 1.29 is 14.3 Å². The van der Waals surface area contributed by atoms with Crippen molar-refractivity contribution in [1.82, 2.24) is 5.27 Å². The van der Waals surface area contributed by atoms with Gasteiger partial charge in [-0.1, -0.05) is 27.9 Å². The number of hydrogen-bond acceptors (Lipinski definition) is 4. The van der Waals surface area contributed by atoms with Crippen LogP contribution < -0.4 is 15.4 Å². The van der Waals surface area contributed by atoms with Gasteiger partial charge >= 0.3 is 11.3 Å². The first-order chi connectivity index (χ1) is 8.49. The zero-order valence-electron chi connectivity index (χ0n) is 9.11. The molecule has 2 rings (SSSR count). The second-order valence-corrected chi connectivity index (χ2v) is 4.24. The van der Waals surface area contributed by atoms with Gasteiger partial charge in [-0.05, 0) is 23.5 Å². The molecule has 0 aliphatic carbocycles. The third-order valence-corrected chi connectivity index (χ3v) is 2.68. The summed E-state index contributed by atoms with van der Waals surface area (Å²) in [5.74, 6) is -0.753. The predicted octanol–water partition coefficient (Wildman–Crippen LogP) is 0.538. The molecule has 0 unspecified atom stereocenters. The average Bonchev–Trinajstić information content (AvgIpc) is 2.62. The summed E-state index contributed by atoms with van der Waals surface area (Å²) in [7, 11) is 1.46.